The van der Waals surface area contributed by atoms with E-state index in [9.17, 15) is 0 Å². The number of fused-ring (bicyclic) bond motifs is 2. The van der Waals surface area contributed by atoms with Crippen LogP contribution in [-0.2, 0) is 10.2 Å². The third-order valence-corrected chi connectivity index (χ3v) is 3.45. The van der Waals surface area contributed by atoms with Crippen molar-refractivity contribution in [2.75, 3.05) is 25.1 Å². The van der Waals surface area contributed by atoms with Gasteiger partial charge in [-0.3, -0.25) is 0 Å². The second-order valence-electron chi connectivity index (χ2n) is 4.21. The molecule has 1 spiro atoms. The molecule has 2 heterocycles. The fraction of sp³-hybridized carbons (Fsp3) is 0.500. The molecule has 0 amide bonds. The van der Waals surface area contributed by atoms with Crippen molar-refractivity contribution in [3.05, 3.63) is 29.8 Å². The van der Waals surface area contributed by atoms with Crippen LogP contribution in [0.25, 0.3) is 0 Å². The molecule has 0 aromatic heterocycles. The highest BCUT2D eigenvalue weighted by atomic mass is 16.5. The minimum Gasteiger partial charge on any atom is -0.384 e. The fourth-order valence-corrected chi connectivity index (χ4v) is 2.56. The Labute approximate surface area is 84.3 Å². The lowest BCUT2D eigenvalue weighted by atomic mass is 9.76. The van der Waals surface area contributed by atoms with E-state index in [2.05, 4.69) is 17.4 Å². The molecule has 14 heavy (non-hydrogen) atoms. The number of ether oxygens (including phenoxy) is 1. The van der Waals surface area contributed by atoms with Crippen LogP contribution in [0.3, 0.4) is 0 Å². The van der Waals surface area contributed by atoms with E-state index in [0.717, 1.165) is 32.6 Å². The molecule has 0 bridgehead atoms. The smallest absolute Gasteiger partial charge is 0.0475 e. The van der Waals surface area contributed by atoms with E-state index in [1.807, 2.05) is 12.1 Å². The largest absolute Gasteiger partial charge is 0.384 e. The zero-order valence-electron chi connectivity index (χ0n) is 8.18. The summed E-state index contributed by atoms with van der Waals surface area (Å²) in [5.74, 6) is 0. The van der Waals surface area contributed by atoms with Crippen molar-refractivity contribution in [3.63, 3.8) is 0 Å². The highest BCUT2D eigenvalue weighted by Gasteiger charge is 2.39. The Morgan fingerprint density at radius 1 is 1.36 bits per heavy atom. The molecule has 2 aliphatic heterocycles. The molecule has 73 valence electrons. The van der Waals surface area contributed by atoms with Gasteiger partial charge in [0.1, 0.15) is 0 Å². The Kier molecular flexibility index (Phi) is 1.77. The van der Waals surface area contributed by atoms with Crippen LogP contribution in [0.15, 0.2) is 18.2 Å². The summed E-state index contributed by atoms with van der Waals surface area (Å²) < 4.78 is 5.43. The van der Waals surface area contributed by atoms with Gasteiger partial charge in [0.05, 0.1) is 0 Å². The molecule has 1 aromatic carbocycles. The lowest BCUT2D eigenvalue weighted by molar-refractivity contribution is 0.0566. The highest BCUT2D eigenvalue weighted by Crippen LogP contribution is 2.42. The van der Waals surface area contributed by atoms with Gasteiger partial charge in [-0.1, -0.05) is 12.1 Å². The zero-order valence-corrected chi connectivity index (χ0v) is 8.18. The molecular weight excluding hydrogens is 174 g/mol. The molecule has 0 unspecified atom stereocenters. The molecule has 1 aromatic rings. The van der Waals surface area contributed by atoms with Crippen molar-refractivity contribution in [2.24, 2.45) is 0 Å². The molecule has 0 atom stereocenters. The van der Waals surface area contributed by atoms with E-state index in [4.69, 9.17) is 4.74 Å². The number of hydrogen-bond donors (Lipinski definition) is 1. The Morgan fingerprint density at radius 2 is 2.21 bits per heavy atom. The summed E-state index contributed by atoms with van der Waals surface area (Å²) >= 11 is 0. The van der Waals surface area contributed by atoms with E-state index in [0.29, 0.717) is 5.41 Å². The van der Waals surface area contributed by atoms with Gasteiger partial charge in [0.25, 0.3) is 0 Å². The van der Waals surface area contributed by atoms with E-state index in [1.165, 1.54) is 11.3 Å². The van der Waals surface area contributed by atoms with Gasteiger partial charge in [0.15, 0.2) is 0 Å². The van der Waals surface area contributed by atoms with Gasteiger partial charge in [0, 0.05) is 30.9 Å². The number of rotatable bonds is 0. The zero-order chi connectivity index (χ0) is 9.43. The Bertz CT molecular complexity index is 336. The SMILES string of the molecule is [c]1cccc2c1C1(CCOCC1)CN2. The Hall–Kier alpha value is -1.02. The van der Waals surface area contributed by atoms with Crippen LogP contribution < -0.4 is 5.32 Å². The van der Waals surface area contributed by atoms with Crippen LogP contribution in [0.1, 0.15) is 18.4 Å². The molecule has 3 rings (SSSR count). The normalized spacial score (nSPS) is 23.1. The molecule has 1 radical (unpaired) electrons. The quantitative estimate of drug-likeness (QED) is 0.672. The topological polar surface area (TPSA) is 21.3 Å². The monoisotopic (exact) mass is 188 g/mol. The predicted molar refractivity (Wildman–Crippen MR) is 55.5 cm³/mol. The first kappa shape index (κ1) is 8.30. The summed E-state index contributed by atoms with van der Waals surface area (Å²) in [6.07, 6.45) is 2.26. The maximum Gasteiger partial charge on any atom is 0.0475 e. The molecule has 0 aliphatic carbocycles. The minimum atomic E-state index is 0.314. The lowest BCUT2D eigenvalue weighted by Gasteiger charge is -2.33. The van der Waals surface area contributed by atoms with Gasteiger partial charge < -0.3 is 10.1 Å². The summed E-state index contributed by atoms with van der Waals surface area (Å²) in [4.78, 5) is 0. The van der Waals surface area contributed by atoms with Gasteiger partial charge in [-0.2, -0.15) is 0 Å². The van der Waals surface area contributed by atoms with Crippen LogP contribution in [0.5, 0.6) is 0 Å². The van der Waals surface area contributed by atoms with E-state index >= 15 is 0 Å². The van der Waals surface area contributed by atoms with Gasteiger partial charge >= 0.3 is 0 Å². The van der Waals surface area contributed by atoms with Crippen LogP contribution in [0.2, 0.25) is 0 Å². The fourth-order valence-electron chi connectivity index (χ4n) is 2.56. The molecule has 2 heteroatoms. The molecular formula is C12H14NO. The molecule has 0 saturated carbocycles. The van der Waals surface area contributed by atoms with Gasteiger partial charge in [-0.05, 0) is 30.5 Å². The van der Waals surface area contributed by atoms with Crippen LogP contribution in [-0.4, -0.2) is 19.8 Å². The summed E-state index contributed by atoms with van der Waals surface area (Å²) in [7, 11) is 0. The minimum absolute atomic E-state index is 0.314. The molecule has 2 aliphatic rings. The molecule has 2 nitrogen and oxygen atoms in total. The average molecular weight is 188 g/mol. The van der Waals surface area contributed by atoms with Gasteiger partial charge in [-0.15, -0.1) is 0 Å². The first-order chi connectivity index (χ1) is 6.91. The first-order valence-electron chi connectivity index (χ1n) is 5.24. The van der Waals surface area contributed by atoms with Crippen LogP contribution in [0, 0.1) is 6.07 Å². The van der Waals surface area contributed by atoms with E-state index in [1.54, 1.807) is 0 Å². The highest BCUT2D eigenvalue weighted by molar-refractivity contribution is 5.59. The number of anilines is 1. The number of hydrogen-bond acceptors (Lipinski definition) is 2. The number of nitrogens with one attached hydrogen (secondary N) is 1. The van der Waals surface area contributed by atoms with Crippen molar-refractivity contribution in [1.82, 2.24) is 0 Å². The molecule has 1 saturated heterocycles. The van der Waals surface area contributed by atoms with Crippen molar-refractivity contribution in [1.29, 1.82) is 0 Å². The van der Waals surface area contributed by atoms with Crippen LogP contribution >= 0.6 is 0 Å². The van der Waals surface area contributed by atoms with Crippen molar-refractivity contribution < 1.29 is 4.74 Å². The second kappa shape index (κ2) is 2.99. The molecule has 1 fully saturated rings. The summed E-state index contributed by atoms with van der Waals surface area (Å²) in [5.41, 5.74) is 2.96. The standard InChI is InChI=1S/C12H14NO/c1-2-4-11-10(3-1)12(9-13-11)5-7-14-8-6-12/h1-2,4,13H,5-9H2. The number of benzene rings is 1. The maximum absolute atomic E-state index is 5.43. The van der Waals surface area contributed by atoms with Gasteiger partial charge in [0.2, 0.25) is 0 Å². The third kappa shape index (κ3) is 1.07. The Morgan fingerprint density at radius 3 is 3.07 bits per heavy atom. The molecule has 1 N–H and O–H groups in total. The first-order valence-corrected chi connectivity index (χ1v) is 5.24. The lowest BCUT2D eigenvalue weighted by Crippen LogP contribution is -2.35. The average Bonchev–Trinajstić information content (AvgIpc) is 2.60. The Balaban J connectivity index is 2.03. The summed E-state index contributed by atoms with van der Waals surface area (Å²) in [6.45, 7) is 2.85. The maximum atomic E-state index is 5.43. The van der Waals surface area contributed by atoms with Crippen LogP contribution in [0.4, 0.5) is 5.69 Å². The van der Waals surface area contributed by atoms with Crippen molar-refractivity contribution in [3.8, 4) is 0 Å². The summed E-state index contributed by atoms with van der Waals surface area (Å²) in [6, 6.07) is 9.60. The predicted octanol–water partition coefficient (Wildman–Crippen LogP) is 1.96. The van der Waals surface area contributed by atoms with Gasteiger partial charge in [-0.25, -0.2) is 0 Å². The van der Waals surface area contributed by atoms with Crippen molar-refractivity contribution >= 4 is 5.69 Å². The second-order valence-corrected chi connectivity index (χ2v) is 4.21. The van der Waals surface area contributed by atoms with Crippen molar-refractivity contribution in [2.45, 2.75) is 18.3 Å². The summed E-state index contributed by atoms with van der Waals surface area (Å²) in [5, 5.41) is 3.47. The van der Waals surface area contributed by atoms with E-state index in [-0.39, 0.29) is 0 Å². The van der Waals surface area contributed by atoms with E-state index < -0.39 is 0 Å². The third-order valence-electron chi connectivity index (χ3n) is 3.45.